The Morgan fingerprint density at radius 1 is 1.00 bits per heavy atom. The Balaban J connectivity index is 0.00000102. The van der Waals surface area contributed by atoms with E-state index in [-0.39, 0.29) is 11.2 Å². The number of hydrogen-bond acceptors (Lipinski definition) is 2. The van der Waals surface area contributed by atoms with E-state index in [4.69, 9.17) is 0 Å². The maximum atomic E-state index is 11.7. The number of rotatable bonds is 3. The maximum absolute atomic E-state index is 11.7. The molecule has 0 aliphatic rings. The number of aromatic nitrogens is 2. The highest BCUT2D eigenvalue weighted by Gasteiger charge is 2.10. The lowest BCUT2D eigenvalue weighted by atomic mass is 10.1. The summed E-state index contributed by atoms with van der Waals surface area (Å²) in [5.41, 5.74) is 1.86. The zero-order chi connectivity index (χ0) is 17.1. The van der Waals surface area contributed by atoms with E-state index in [2.05, 4.69) is 4.98 Å². The molecule has 0 bridgehead atoms. The topological polar surface area (TPSA) is 54.9 Å². The van der Waals surface area contributed by atoms with Crippen molar-refractivity contribution >= 4 is 0 Å². The predicted octanol–water partition coefficient (Wildman–Crippen LogP) is 3.51. The van der Waals surface area contributed by atoms with Crippen molar-refractivity contribution in [3.8, 4) is 0 Å². The summed E-state index contributed by atoms with van der Waals surface area (Å²) in [5.74, 6) is 0. The van der Waals surface area contributed by atoms with Gasteiger partial charge in [-0.25, -0.2) is 4.79 Å². The fraction of sp³-hybridized carbons (Fsp3) is 0.444. The van der Waals surface area contributed by atoms with Crippen LogP contribution in [0, 0.1) is 6.92 Å². The molecule has 1 aromatic heterocycles. The van der Waals surface area contributed by atoms with Gasteiger partial charge in [0.25, 0.3) is 5.56 Å². The van der Waals surface area contributed by atoms with Crippen molar-refractivity contribution in [3.63, 3.8) is 0 Å². The third-order valence-electron chi connectivity index (χ3n) is 3.10. The number of hydrogen-bond donors (Lipinski definition) is 1. The predicted molar refractivity (Wildman–Crippen MR) is 93.7 cm³/mol. The van der Waals surface area contributed by atoms with Gasteiger partial charge in [0.05, 0.1) is 0 Å². The van der Waals surface area contributed by atoms with Gasteiger partial charge in [0.15, 0.2) is 0 Å². The largest absolute Gasteiger partial charge is 0.328 e. The Labute approximate surface area is 132 Å². The van der Waals surface area contributed by atoms with Gasteiger partial charge in [-0.3, -0.25) is 14.3 Å². The number of nitrogens with one attached hydrogen (secondary N) is 1. The van der Waals surface area contributed by atoms with Gasteiger partial charge < -0.3 is 0 Å². The van der Waals surface area contributed by atoms with Crippen molar-refractivity contribution in [1.29, 1.82) is 0 Å². The Bertz CT molecular complexity index is 655. The summed E-state index contributed by atoms with van der Waals surface area (Å²) in [7, 11) is 0. The van der Waals surface area contributed by atoms with Gasteiger partial charge in [-0.15, -0.1) is 0 Å². The van der Waals surface area contributed by atoms with Gasteiger partial charge in [0.1, 0.15) is 0 Å². The van der Waals surface area contributed by atoms with E-state index in [0.29, 0.717) is 18.5 Å². The summed E-state index contributed by atoms with van der Waals surface area (Å²) < 4.78 is 1.61. The molecule has 122 valence electrons. The second-order valence-electron chi connectivity index (χ2n) is 4.24. The lowest BCUT2D eigenvalue weighted by Crippen LogP contribution is -2.34. The molecule has 0 atom stereocenters. The molecule has 0 aliphatic carbocycles. The molecule has 2 rings (SSSR count). The van der Waals surface area contributed by atoms with Crippen LogP contribution in [0.3, 0.4) is 0 Å². The molecule has 0 saturated carbocycles. The molecule has 1 aromatic carbocycles. The highest BCUT2D eigenvalue weighted by molar-refractivity contribution is 5.26. The molecule has 22 heavy (non-hydrogen) atoms. The summed E-state index contributed by atoms with van der Waals surface area (Å²) in [5, 5.41) is 0. The zero-order valence-corrected chi connectivity index (χ0v) is 14.6. The first-order chi connectivity index (χ1) is 10.6. The summed E-state index contributed by atoms with van der Waals surface area (Å²) in [6, 6.07) is 9.83. The standard InChI is InChI=1S/C14H16N2O2.2C2H6/c1-3-16-12(9-11-7-5-4-6-8-11)10(2)13(17)15-14(16)18;2*1-2/h4-8H,3,9H2,1-2H3,(H,15,17,18);2*1-2H3. The lowest BCUT2D eigenvalue weighted by Gasteiger charge is -2.12. The molecule has 4 heteroatoms. The minimum atomic E-state index is -0.334. The molecule has 0 radical (unpaired) electrons. The van der Waals surface area contributed by atoms with Crippen LogP contribution >= 0.6 is 0 Å². The number of H-pyrrole nitrogens is 1. The highest BCUT2D eigenvalue weighted by atomic mass is 16.2. The highest BCUT2D eigenvalue weighted by Crippen LogP contribution is 2.09. The van der Waals surface area contributed by atoms with E-state index in [9.17, 15) is 9.59 Å². The van der Waals surface area contributed by atoms with Crippen molar-refractivity contribution in [2.24, 2.45) is 0 Å². The Kier molecular flexibility index (Phi) is 9.59. The molecule has 0 fully saturated rings. The quantitative estimate of drug-likeness (QED) is 0.943. The van der Waals surface area contributed by atoms with E-state index in [0.717, 1.165) is 11.3 Å². The van der Waals surface area contributed by atoms with Crippen LogP contribution in [0.5, 0.6) is 0 Å². The first-order valence-electron chi connectivity index (χ1n) is 8.00. The second kappa shape index (κ2) is 10.6. The Morgan fingerprint density at radius 2 is 1.55 bits per heavy atom. The van der Waals surface area contributed by atoms with Crippen LogP contribution in [-0.4, -0.2) is 9.55 Å². The van der Waals surface area contributed by atoms with Gasteiger partial charge in [0, 0.05) is 24.2 Å². The zero-order valence-electron chi connectivity index (χ0n) is 14.6. The molecule has 0 spiro atoms. The van der Waals surface area contributed by atoms with E-state index in [1.807, 2.05) is 65.0 Å². The number of aromatic amines is 1. The number of nitrogens with zero attached hydrogens (tertiary/aromatic N) is 1. The Morgan fingerprint density at radius 3 is 2.05 bits per heavy atom. The maximum Gasteiger partial charge on any atom is 0.328 e. The van der Waals surface area contributed by atoms with Crippen LogP contribution in [0.15, 0.2) is 39.9 Å². The number of benzene rings is 1. The fourth-order valence-corrected chi connectivity index (χ4v) is 2.07. The first kappa shape index (κ1) is 19.9. The average Bonchev–Trinajstić information content (AvgIpc) is 2.57. The molecule has 0 saturated heterocycles. The summed E-state index contributed by atoms with van der Waals surface area (Å²) in [6.45, 7) is 12.2. The second-order valence-corrected chi connectivity index (χ2v) is 4.24. The summed E-state index contributed by atoms with van der Waals surface area (Å²) in [4.78, 5) is 25.7. The minimum absolute atomic E-state index is 0.296. The van der Waals surface area contributed by atoms with E-state index in [1.165, 1.54) is 0 Å². The summed E-state index contributed by atoms with van der Waals surface area (Å²) >= 11 is 0. The average molecular weight is 304 g/mol. The van der Waals surface area contributed by atoms with Crippen LogP contribution in [-0.2, 0) is 13.0 Å². The first-order valence-corrected chi connectivity index (χ1v) is 8.00. The van der Waals surface area contributed by atoms with Gasteiger partial charge in [-0.05, 0) is 19.4 Å². The molecule has 0 aliphatic heterocycles. The third kappa shape index (κ3) is 5.02. The van der Waals surface area contributed by atoms with Crippen LogP contribution in [0.4, 0.5) is 0 Å². The molecule has 0 amide bonds. The van der Waals surface area contributed by atoms with E-state index in [1.54, 1.807) is 11.5 Å². The van der Waals surface area contributed by atoms with E-state index >= 15 is 0 Å². The SMILES string of the molecule is CC.CC.CCn1c(Cc2ccccc2)c(C)c(=O)[nH]c1=O. The molecular formula is C18H28N2O2. The van der Waals surface area contributed by atoms with Crippen LogP contribution in [0.2, 0.25) is 0 Å². The fourth-order valence-electron chi connectivity index (χ4n) is 2.07. The van der Waals surface area contributed by atoms with Crippen LogP contribution in [0.25, 0.3) is 0 Å². The Hall–Kier alpha value is -2.10. The molecule has 2 aromatic rings. The molecule has 1 N–H and O–H groups in total. The normalized spacial score (nSPS) is 9.18. The van der Waals surface area contributed by atoms with Crippen molar-refractivity contribution in [2.45, 2.75) is 54.5 Å². The van der Waals surface area contributed by atoms with Crippen LogP contribution in [0.1, 0.15) is 51.4 Å². The van der Waals surface area contributed by atoms with Gasteiger partial charge in [0.2, 0.25) is 0 Å². The lowest BCUT2D eigenvalue weighted by molar-refractivity contribution is 0.649. The molecule has 4 nitrogen and oxygen atoms in total. The molecular weight excluding hydrogens is 276 g/mol. The molecule has 1 heterocycles. The van der Waals surface area contributed by atoms with Crippen molar-refractivity contribution in [1.82, 2.24) is 9.55 Å². The van der Waals surface area contributed by atoms with Crippen LogP contribution < -0.4 is 11.2 Å². The summed E-state index contributed by atoms with van der Waals surface area (Å²) in [6.07, 6.45) is 0.597. The van der Waals surface area contributed by atoms with Crippen molar-refractivity contribution in [2.75, 3.05) is 0 Å². The molecule has 0 unspecified atom stereocenters. The smallest absolute Gasteiger partial charge is 0.297 e. The minimum Gasteiger partial charge on any atom is -0.297 e. The van der Waals surface area contributed by atoms with Crippen molar-refractivity contribution < 1.29 is 0 Å². The van der Waals surface area contributed by atoms with E-state index < -0.39 is 0 Å². The monoisotopic (exact) mass is 304 g/mol. The third-order valence-corrected chi connectivity index (χ3v) is 3.10. The van der Waals surface area contributed by atoms with Gasteiger partial charge >= 0.3 is 5.69 Å². The van der Waals surface area contributed by atoms with Gasteiger partial charge in [-0.1, -0.05) is 58.0 Å². The van der Waals surface area contributed by atoms with Crippen molar-refractivity contribution in [3.05, 3.63) is 68.0 Å². The van der Waals surface area contributed by atoms with Gasteiger partial charge in [-0.2, -0.15) is 0 Å².